The lowest BCUT2D eigenvalue weighted by Gasteiger charge is -2.11. The molecule has 1 atom stereocenters. The highest BCUT2D eigenvalue weighted by molar-refractivity contribution is 5.57. The van der Waals surface area contributed by atoms with Crippen molar-refractivity contribution in [2.45, 2.75) is 31.8 Å². The van der Waals surface area contributed by atoms with Gasteiger partial charge in [0.15, 0.2) is 0 Å². The SMILES string of the molecule is N#Cc1cc(F)ccc1NCCCC1CCCO1. The van der Waals surface area contributed by atoms with Crippen molar-refractivity contribution < 1.29 is 9.13 Å². The zero-order valence-electron chi connectivity index (χ0n) is 10.3. The summed E-state index contributed by atoms with van der Waals surface area (Å²) in [5.41, 5.74) is 1.05. The zero-order chi connectivity index (χ0) is 12.8. The molecule has 1 saturated heterocycles. The van der Waals surface area contributed by atoms with Crippen LogP contribution in [0, 0.1) is 17.1 Å². The van der Waals surface area contributed by atoms with Gasteiger partial charge in [-0.3, -0.25) is 0 Å². The monoisotopic (exact) mass is 248 g/mol. The van der Waals surface area contributed by atoms with Crippen LogP contribution in [0.1, 0.15) is 31.2 Å². The predicted molar refractivity (Wildman–Crippen MR) is 67.8 cm³/mol. The summed E-state index contributed by atoms with van der Waals surface area (Å²) in [4.78, 5) is 0. The molecule has 1 aromatic rings. The van der Waals surface area contributed by atoms with E-state index in [2.05, 4.69) is 5.32 Å². The Morgan fingerprint density at radius 3 is 3.11 bits per heavy atom. The molecule has 1 aromatic carbocycles. The molecule has 3 nitrogen and oxygen atoms in total. The quantitative estimate of drug-likeness (QED) is 0.814. The topological polar surface area (TPSA) is 45.0 Å². The average Bonchev–Trinajstić information content (AvgIpc) is 2.89. The fourth-order valence-electron chi connectivity index (χ4n) is 2.19. The van der Waals surface area contributed by atoms with Crippen molar-refractivity contribution >= 4 is 5.69 Å². The van der Waals surface area contributed by atoms with E-state index in [0.717, 1.165) is 38.8 Å². The molecule has 1 unspecified atom stereocenters. The highest BCUT2D eigenvalue weighted by atomic mass is 19.1. The molecule has 0 bridgehead atoms. The second-order valence-electron chi connectivity index (χ2n) is 4.51. The first kappa shape index (κ1) is 12.8. The Kier molecular flexibility index (Phi) is 4.54. The summed E-state index contributed by atoms with van der Waals surface area (Å²) in [6, 6.07) is 6.22. The van der Waals surface area contributed by atoms with Gasteiger partial charge in [-0.15, -0.1) is 0 Å². The number of anilines is 1. The number of ether oxygens (including phenoxy) is 1. The minimum absolute atomic E-state index is 0.354. The molecule has 0 spiro atoms. The van der Waals surface area contributed by atoms with Gasteiger partial charge in [-0.25, -0.2) is 4.39 Å². The van der Waals surface area contributed by atoms with E-state index in [0.29, 0.717) is 17.4 Å². The lowest BCUT2D eigenvalue weighted by atomic mass is 10.1. The minimum Gasteiger partial charge on any atom is -0.384 e. The van der Waals surface area contributed by atoms with Crippen molar-refractivity contribution in [2.75, 3.05) is 18.5 Å². The molecule has 96 valence electrons. The molecular weight excluding hydrogens is 231 g/mol. The molecule has 18 heavy (non-hydrogen) atoms. The van der Waals surface area contributed by atoms with Crippen molar-refractivity contribution in [1.82, 2.24) is 0 Å². The smallest absolute Gasteiger partial charge is 0.124 e. The highest BCUT2D eigenvalue weighted by Crippen LogP contribution is 2.18. The predicted octanol–water partition coefficient (Wildman–Crippen LogP) is 3.07. The Morgan fingerprint density at radius 1 is 1.50 bits per heavy atom. The highest BCUT2D eigenvalue weighted by Gasteiger charge is 2.14. The number of nitrogens with one attached hydrogen (secondary N) is 1. The van der Waals surface area contributed by atoms with Gasteiger partial charge in [-0.1, -0.05) is 0 Å². The Morgan fingerprint density at radius 2 is 2.39 bits per heavy atom. The van der Waals surface area contributed by atoms with Crippen LogP contribution < -0.4 is 5.32 Å². The summed E-state index contributed by atoms with van der Waals surface area (Å²) < 4.78 is 18.5. The second kappa shape index (κ2) is 6.36. The molecule has 0 aliphatic carbocycles. The molecule has 0 saturated carbocycles. The van der Waals surface area contributed by atoms with E-state index in [1.807, 2.05) is 6.07 Å². The van der Waals surface area contributed by atoms with Gasteiger partial charge in [-0.2, -0.15) is 5.26 Å². The fraction of sp³-hybridized carbons (Fsp3) is 0.500. The van der Waals surface area contributed by atoms with E-state index in [4.69, 9.17) is 10.00 Å². The molecule has 0 radical (unpaired) electrons. The first-order valence-electron chi connectivity index (χ1n) is 6.35. The number of halogens is 1. The van der Waals surface area contributed by atoms with Crippen LogP contribution in [-0.2, 0) is 4.74 Å². The van der Waals surface area contributed by atoms with Crippen LogP contribution in [0.15, 0.2) is 18.2 Å². The second-order valence-corrected chi connectivity index (χ2v) is 4.51. The normalized spacial score (nSPS) is 18.6. The van der Waals surface area contributed by atoms with Gasteiger partial charge in [-0.05, 0) is 43.9 Å². The first-order chi connectivity index (χ1) is 8.79. The molecule has 1 aliphatic heterocycles. The van der Waals surface area contributed by atoms with Gasteiger partial charge in [0.2, 0.25) is 0 Å². The van der Waals surface area contributed by atoms with E-state index in [1.54, 1.807) is 6.07 Å². The van der Waals surface area contributed by atoms with Gasteiger partial charge >= 0.3 is 0 Å². The Labute approximate surface area is 107 Å². The maximum absolute atomic E-state index is 12.9. The minimum atomic E-state index is -0.378. The van der Waals surface area contributed by atoms with Crippen LogP contribution in [0.3, 0.4) is 0 Å². The standard InChI is InChI=1S/C14H17FN2O/c15-12-5-6-14(11(9-12)10-16)17-7-1-3-13-4-2-8-18-13/h5-6,9,13,17H,1-4,7-8H2. The molecular formula is C14H17FN2O. The van der Waals surface area contributed by atoms with Gasteiger partial charge < -0.3 is 10.1 Å². The fourth-order valence-corrected chi connectivity index (χ4v) is 2.19. The number of rotatable bonds is 5. The van der Waals surface area contributed by atoms with E-state index < -0.39 is 0 Å². The molecule has 0 amide bonds. The van der Waals surface area contributed by atoms with Gasteiger partial charge in [0.1, 0.15) is 11.9 Å². The summed E-state index contributed by atoms with van der Waals surface area (Å²) in [7, 11) is 0. The average molecular weight is 248 g/mol. The van der Waals surface area contributed by atoms with E-state index in [1.165, 1.54) is 12.1 Å². The lowest BCUT2D eigenvalue weighted by Crippen LogP contribution is -2.09. The molecule has 0 aromatic heterocycles. The van der Waals surface area contributed by atoms with Crippen LogP contribution in [0.2, 0.25) is 0 Å². The van der Waals surface area contributed by atoms with E-state index in [9.17, 15) is 4.39 Å². The third-order valence-electron chi connectivity index (χ3n) is 3.14. The lowest BCUT2D eigenvalue weighted by molar-refractivity contribution is 0.103. The summed E-state index contributed by atoms with van der Waals surface area (Å²) in [5, 5.41) is 12.1. The van der Waals surface area contributed by atoms with Crippen molar-refractivity contribution in [3.05, 3.63) is 29.6 Å². The summed E-state index contributed by atoms with van der Waals surface area (Å²) in [5.74, 6) is -0.378. The molecule has 1 fully saturated rings. The molecule has 1 N–H and O–H groups in total. The van der Waals surface area contributed by atoms with Crippen LogP contribution in [0.4, 0.5) is 10.1 Å². The third kappa shape index (κ3) is 3.44. The van der Waals surface area contributed by atoms with Crippen LogP contribution in [-0.4, -0.2) is 19.3 Å². The molecule has 1 heterocycles. The van der Waals surface area contributed by atoms with Crippen molar-refractivity contribution in [2.24, 2.45) is 0 Å². The summed E-state index contributed by atoms with van der Waals surface area (Å²) in [6.07, 6.45) is 4.74. The zero-order valence-corrected chi connectivity index (χ0v) is 10.3. The number of benzene rings is 1. The van der Waals surface area contributed by atoms with Gasteiger partial charge in [0.05, 0.1) is 17.4 Å². The molecule has 2 rings (SSSR count). The summed E-state index contributed by atoms with van der Waals surface area (Å²) >= 11 is 0. The van der Waals surface area contributed by atoms with Crippen molar-refractivity contribution in [1.29, 1.82) is 5.26 Å². The van der Waals surface area contributed by atoms with Crippen LogP contribution in [0.5, 0.6) is 0 Å². The Bertz CT molecular complexity index is 436. The number of nitrogens with zero attached hydrogens (tertiary/aromatic N) is 1. The largest absolute Gasteiger partial charge is 0.384 e. The van der Waals surface area contributed by atoms with Crippen LogP contribution in [0.25, 0.3) is 0 Å². The van der Waals surface area contributed by atoms with Crippen molar-refractivity contribution in [3.63, 3.8) is 0 Å². The first-order valence-corrected chi connectivity index (χ1v) is 6.35. The molecule has 1 aliphatic rings. The van der Waals surface area contributed by atoms with Gasteiger partial charge in [0.25, 0.3) is 0 Å². The summed E-state index contributed by atoms with van der Waals surface area (Å²) in [6.45, 7) is 1.66. The Balaban J connectivity index is 1.77. The Hall–Kier alpha value is -1.60. The van der Waals surface area contributed by atoms with Crippen molar-refractivity contribution in [3.8, 4) is 6.07 Å². The molecule has 4 heteroatoms. The maximum atomic E-state index is 12.9. The van der Waals surface area contributed by atoms with E-state index >= 15 is 0 Å². The number of hydrogen-bond donors (Lipinski definition) is 1. The van der Waals surface area contributed by atoms with Gasteiger partial charge in [0, 0.05) is 13.2 Å². The number of nitriles is 1. The maximum Gasteiger partial charge on any atom is 0.124 e. The number of hydrogen-bond acceptors (Lipinski definition) is 3. The van der Waals surface area contributed by atoms with E-state index in [-0.39, 0.29) is 5.82 Å². The third-order valence-corrected chi connectivity index (χ3v) is 3.14. The van der Waals surface area contributed by atoms with Crippen LogP contribution >= 0.6 is 0 Å².